The Morgan fingerprint density at radius 1 is 1.04 bits per heavy atom. The van der Waals surface area contributed by atoms with Crippen LogP contribution in [0.5, 0.6) is 0 Å². The molecule has 2 saturated heterocycles. The maximum Gasteiger partial charge on any atom is 0.330 e. The van der Waals surface area contributed by atoms with Crippen molar-refractivity contribution in [3.63, 3.8) is 0 Å². The highest BCUT2D eigenvalue weighted by atomic mass is 32.2. The quantitative estimate of drug-likeness (QED) is 0.583. The molecule has 8 heteroatoms. The Morgan fingerprint density at radius 3 is 2.17 bits per heavy atom. The monoisotopic (exact) mass is 352 g/mol. The van der Waals surface area contributed by atoms with Crippen LogP contribution >= 0.6 is 0 Å². The fourth-order valence-electron chi connectivity index (χ4n) is 3.11. The molecule has 1 aromatic rings. The molecule has 2 aliphatic rings. The maximum absolute atomic E-state index is 12.7. The van der Waals surface area contributed by atoms with Gasteiger partial charge in [-0.05, 0) is 32.9 Å². The number of esters is 1. The normalized spacial score (nSPS) is 31.5. The number of aryl methyl sites for hydroxylation is 1. The average Bonchev–Trinajstić information content (AvgIpc) is 3.41. The van der Waals surface area contributed by atoms with E-state index in [1.54, 1.807) is 26.0 Å². The van der Waals surface area contributed by atoms with E-state index in [1.807, 2.05) is 6.92 Å². The average molecular weight is 352 g/mol. The zero-order chi connectivity index (χ0) is 17.8. The van der Waals surface area contributed by atoms with Crippen molar-refractivity contribution in [2.45, 2.75) is 49.8 Å². The number of ether oxygens (including phenoxy) is 1. The number of amides is 1. The van der Waals surface area contributed by atoms with E-state index in [1.165, 1.54) is 28.4 Å². The molecule has 0 bridgehead atoms. The van der Waals surface area contributed by atoms with Gasteiger partial charge in [-0.15, -0.1) is 0 Å². The number of nitrogens with zero attached hydrogens (tertiary/aromatic N) is 2. The van der Waals surface area contributed by atoms with Crippen LogP contribution in [0.4, 0.5) is 0 Å². The molecule has 1 aromatic carbocycles. The molecule has 0 aromatic heterocycles. The Kier molecular flexibility index (Phi) is 3.92. The van der Waals surface area contributed by atoms with Crippen molar-refractivity contribution >= 4 is 21.9 Å². The second-order valence-corrected chi connectivity index (χ2v) is 8.13. The predicted molar refractivity (Wildman–Crippen MR) is 85.6 cm³/mol. The minimum atomic E-state index is -3.72. The van der Waals surface area contributed by atoms with Crippen LogP contribution in [0.1, 0.15) is 19.4 Å². The van der Waals surface area contributed by atoms with Crippen molar-refractivity contribution in [3.05, 3.63) is 29.8 Å². The number of rotatable bonds is 4. The van der Waals surface area contributed by atoms with Crippen LogP contribution in [0.2, 0.25) is 0 Å². The number of benzene rings is 1. The van der Waals surface area contributed by atoms with Crippen LogP contribution in [0.3, 0.4) is 0 Å². The summed E-state index contributed by atoms with van der Waals surface area (Å²) >= 11 is 0. The Morgan fingerprint density at radius 2 is 1.62 bits per heavy atom. The number of hydrogen-bond donors (Lipinski definition) is 0. The van der Waals surface area contributed by atoms with Crippen molar-refractivity contribution in [2.24, 2.45) is 0 Å². The van der Waals surface area contributed by atoms with Gasteiger partial charge in [-0.1, -0.05) is 17.7 Å². The Bertz CT molecular complexity index is 789. The summed E-state index contributed by atoms with van der Waals surface area (Å²) < 4.78 is 31.2. The van der Waals surface area contributed by atoms with Crippen molar-refractivity contribution in [1.29, 1.82) is 0 Å². The number of carbonyl (C=O) groups excluding carboxylic acids is 2. The fraction of sp³-hybridized carbons (Fsp3) is 0.500. The van der Waals surface area contributed by atoms with E-state index in [2.05, 4.69) is 4.74 Å². The molecule has 130 valence electrons. The lowest BCUT2D eigenvalue weighted by molar-refractivity contribution is -0.143. The summed E-state index contributed by atoms with van der Waals surface area (Å²) in [5.74, 6) is -0.821. The fourth-order valence-corrected chi connectivity index (χ4v) is 4.90. The summed E-state index contributed by atoms with van der Waals surface area (Å²) in [4.78, 5) is 25.7. The molecule has 0 aliphatic carbocycles. The van der Waals surface area contributed by atoms with Gasteiger partial charge in [0.25, 0.3) is 0 Å². The predicted octanol–water partition coefficient (Wildman–Crippen LogP) is 0.529. The van der Waals surface area contributed by atoms with Gasteiger partial charge < -0.3 is 9.64 Å². The third-order valence-corrected chi connectivity index (χ3v) is 6.68. The number of carbonyl (C=O) groups is 2. The van der Waals surface area contributed by atoms with Crippen molar-refractivity contribution in [1.82, 2.24) is 9.21 Å². The molecule has 2 fully saturated rings. The second-order valence-electron chi connectivity index (χ2n) is 6.29. The number of hydrogen-bond acceptors (Lipinski definition) is 5. The highest BCUT2D eigenvalue weighted by Crippen LogP contribution is 2.41. The smallest absolute Gasteiger partial charge is 0.330 e. The lowest BCUT2D eigenvalue weighted by Crippen LogP contribution is -2.28. The molecule has 2 heterocycles. The topological polar surface area (TPSA) is 83.5 Å². The first-order chi connectivity index (χ1) is 11.2. The summed E-state index contributed by atoms with van der Waals surface area (Å²) in [7, 11) is -2.45. The van der Waals surface area contributed by atoms with Gasteiger partial charge in [-0.25, -0.2) is 13.2 Å². The number of sulfonamides is 1. The lowest BCUT2D eigenvalue weighted by Gasteiger charge is -2.07. The molecule has 5 atom stereocenters. The van der Waals surface area contributed by atoms with E-state index in [0.29, 0.717) is 0 Å². The van der Waals surface area contributed by atoms with Gasteiger partial charge in [0.2, 0.25) is 15.9 Å². The maximum atomic E-state index is 12.7. The molecule has 24 heavy (non-hydrogen) atoms. The van der Waals surface area contributed by atoms with E-state index in [9.17, 15) is 18.0 Å². The zero-order valence-corrected chi connectivity index (χ0v) is 14.8. The largest absolute Gasteiger partial charge is 0.467 e. The first kappa shape index (κ1) is 16.9. The Balaban J connectivity index is 1.77. The summed E-state index contributed by atoms with van der Waals surface area (Å²) in [5.41, 5.74) is 0.958. The summed E-state index contributed by atoms with van der Waals surface area (Å²) in [6.07, 6.45) is 0. The first-order valence-corrected chi connectivity index (χ1v) is 9.16. The molecule has 2 aliphatic heterocycles. The van der Waals surface area contributed by atoms with E-state index in [4.69, 9.17) is 0 Å². The summed E-state index contributed by atoms with van der Waals surface area (Å²) in [5, 5.41) is 0. The van der Waals surface area contributed by atoms with Crippen LogP contribution in [-0.4, -0.2) is 60.8 Å². The van der Waals surface area contributed by atoms with Gasteiger partial charge in [0.15, 0.2) is 0 Å². The summed E-state index contributed by atoms with van der Waals surface area (Å²) in [6, 6.07) is 4.46. The van der Waals surface area contributed by atoms with E-state index in [-0.39, 0.29) is 16.8 Å². The molecule has 0 N–H and O–H groups in total. The molecule has 1 unspecified atom stereocenters. The van der Waals surface area contributed by atoms with Gasteiger partial charge in [-0.2, -0.15) is 4.31 Å². The van der Waals surface area contributed by atoms with Crippen molar-refractivity contribution < 1.29 is 22.7 Å². The minimum Gasteiger partial charge on any atom is -0.467 e. The van der Waals surface area contributed by atoms with Crippen LogP contribution in [0.15, 0.2) is 29.2 Å². The Labute approximate surface area is 141 Å². The molecular formula is C16H20N2O5S. The first-order valence-electron chi connectivity index (χ1n) is 7.72. The zero-order valence-electron chi connectivity index (χ0n) is 14.0. The highest BCUT2D eigenvalue weighted by molar-refractivity contribution is 7.89. The second kappa shape index (κ2) is 5.56. The van der Waals surface area contributed by atoms with Gasteiger partial charge in [-0.3, -0.25) is 4.79 Å². The van der Waals surface area contributed by atoms with Crippen molar-refractivity contribution in [2.75, 3.05) is 7.11 Å². The number of methoxy groups -OCH3 is 1. The van der Waals surface area contributed by atoms with Crippen LogP contribution in [0, 0.1) is 6.92 Å². The van der Waals surface area contributed by atoms with Gasteiger partial charge in [0.1, 0.15) is 12.1 Å². The third-order valence-electron chi connectivity index (χ3n) is 4.70. The molecule has 7 nitrogen and oxygen atoms in total. The molecule has 0 spiro atoms. The summed E-state index contributed by atoms with van der Waals surface area (Å²) in [6.45, 7) is 5.30. The molecule has 1 amide bonds. The van der Waals surface area contributed by atoms with Crippen molar-refractivity contribution in [3.8, 4) is 0 Å². The molecule has 3 rings (SSSR count). The minimum absolute atomic E-state index is 0.165. The molecule has 0 saturated carbocycles. The van der Waals surface area contributed by atoms with E-state index >= 15 is 0 Å². The molecule has 0 radical (unpaired) electrons. The highest BCUT2D eigenvalue weighted by Gasteiger charge is 2.64. The van der Waals surface area contributed by atoms with E-state index < -0.39 is 34.1 Å². The SMILES string of the molecule is COC(=O)[C@@H]1[C@H](C)N1C(=O)[C@@H]1[C@H](C)N1S(=O)(=O)c1ccc(C)cc1. The standard InChI is InChI=1S/C16H20N2O5S/c1-9-5-7-12(8-6-9)24(21,22)18-11(3)13(18)15(19)17-10(2)14(17)16(20)23-4/h5-8,10-11,13-14H,1-4H3/t10-,11-,13-,14-,17?,18?/m0/s1. The van der Waals surface area contributed by atoms with Gasteiger partial charge >= 0.3 is 5.97 Å². The molecular weight excluding hydrogens is 332 g/mol. The van der Waals surface area contributed by atoms with Gasteiger partial charge in [0.05, 0.1) is 18.0 Å². The Hall–Kier alpha value is -1.93. The van der Waals surface area contributed by atoms with E-state index in [0.717, 1.165) is 5.56 Å². The van der Waals surface area contributed by atoms with Crippen LogP contribution in [0.25, 0.3) is 0 Å². The van der Waals surface area contributed by atoms with Gasteiger partial charge in [0, 0.05) is 6.04 Å². The lowest BCUT2D eigenvalue weighted by atomic mass is 10.2. The third kappa shape index (κ3) is 2.50. The van der Waals surface area contributed by atoms with Crippen LogP contribution in [-0.2, 0) is 24.3 Å². The van der Waals surface area contributed by atoms with Crippen LogP contribution < -0.4 is 0 Å².